The molecule has 0 radical (unpaired) electrons. The number of sulfonamides is 1. The van der Waals surface area contributed by atoms with Gasteiger partial charge in [0.1, 0.15) is 0 Å². The van der Waals surface area contributed by atoms with Crippen molar-refractivity contribution < 1.29 is 22.7 Å². The number of nitrogens with two attached hydrogens (primary N) is 1. The summed E-state index contributed by atoms with van der Waals surface area (Å²) in [6.45, 7) is 0.834. The maximum Gasteiger partial charge on any atom is 0.339 e. The zero-order chi connectivity index (χ0) is 14.8. The molecule has 1 aliphatic heterocycles. The standard InChI is InChI=1S/C12H16N2O5S/c1-18-12(15)10-6-8(13)2-3-11(10)20(16,17)14-9-4-5-19-7-9/h2-3,6,9,14H,4-5,7,13H2,1H3. The summed E-state index contributed by atoms with van der Waals surface area (Å²) in [7, 11) is -2.65. The van der Waals surface area contributed by atoms with E-state index < -0.39 is 16.0 Å². The molecule has 1 saturated heterocycles. The number of hydrogen-bond donors (Lipinski definition) is 2. The Morgan fingerprint density at radius 1 is 1.50 bits per heavy atom. The van der Waals surface area contributed by atoms with E-state index in [2.05, 4.69) is 9.46 Å². The molecule has 0 saturated carbocycles. The molecule has 1 aromatic rings. The Hall–Kier alpha value is -1.64. The van der Waals surface area contributed by atoms with E-state index in [1.807, 2.05) is 0 Å². The number of benzene rings is 1. The van der Waals surface area contributed by atoms with E-state index in [1.165, 1.54) is 25.3 Å². The fourth-order valence-corrected chi connectivity index (χ4v) is 3.39. The van der Waals surface area contributed by atoms with Gasteiger partial charge in [-0.15, -0.1) is 0 Å². The second kappa shape index (κ2) is 5.78. The van der Waals surface area contributed by atoms with Crippen LogP contribution in [0.25, 0.3) is 0 Å². The lowest BCUT2D eigenvalue weighted by molar-refractivity contribution is 0.0596. The highest BCUT2D eigenvalue weighted by Gasteiger charge is 2.27. The number of hydrogen-bond acceptors (Lipinski definition) is 6. The molecule has 0 amide bonds. The van der Waals surface area contributed by atoms with Gasteiger partial charge in [-0.25, -0.2) is 17.9 Å². The first-order valence-corrected chi connectivity index (χ1v) is 7.50. The first kappa shape index (κ1) is 14.8. The van der Waals surface area contributed by atoms with Gasteiger partial charge in [0, 0.05) is 18.3 Å². The summed E-state index contributed by atoms with van der Waals surface area (Å²) >= 11 is 0. The number of carbonyl (C=O) groups excluding carboxylic acids is 1. The fourth-order valence-electron chi connectivity index (χ4n) is 1.96. The van der Waals surface area contributed by atoms with Crippen molar-refractivity contribution in [1.29, 1.82) is 0 Å². The molecule has 1 heterocycles. The van der Waals surface area contributed by atoms with Crippen molar-refractivity contribution in [1.82, 2.24) is 4.72 Å². The maximum absolute atomic E-state index is 12.3. The minimum absolute atomic E-state index is 0.0843. The zero-order valence-corrected chi connectivity index (χ0v) is 11.8. The van der Waals surface area contributed by atoms with E-state index in [0.29, 0.717) is 19.6 Å². The maximum atomic E-state index is 12.3. The molecule has 3 N–H and O–H groups in total. The molecule has 0 aromatic heterocycles. The van der Waals surface area contributed by atoms with Crippen molar-refractivity contribution >= 4 is 21.7 Å². The Morgan fingerprint density at radius 3 is 2.85 bits per heavy atom. The summed E-state index contributed by atoms with van der Waals surface area (Å²) in [5.74, 6) is -0.750. The van der Waals surface area contributed by atoms with Gasteiger partial charge in [-0.1, -0.05) is 0 Å². The second-order valence-electron chi connectivity index (χ2n) is 4.43. The number of esters is 1. The zero-order valence-electron chi connectivity index (χ0n) is 11.0. The number of methoxy groups -OCH3 is 1. The summed E-state index contributed by atoms with van der Waals surface area (Å²) < 4.78 is 36.9. The van der Waals surface area contributed by atoms with Crippen LogP contribution in [0.3, 0.4) is 0 Å². The second-order valence-corrected chi connectivity index (χ2v) is 6.11. The number of ether oxygens (including phenoxy) is 2. The van der Waals surface area contributed by atoms with E-state index in [9.17, 15) is 13.2 Å². The summed E-state index contributed by atoms with van der Waals surface area (Å²) in [4.78, 5) is 11.5. The summed E-state index contributed by atoms with van der Waals surface area (Å²) in [6.07, 6.45) is 0.599. The average Bonchev–Trinajstić information content (AvgIpc) is 2.89. The first-order valence-electron chi connectivity index (χ1n) is 6.02. The Kier molecular flexibility index (Phi) is 4.26. The highest BCUT2D eigenvalue weighted by molar-refractivity contribution is 7.89. The van der Waals surface area contributed by atoms with Crippen LogP contribution in [0.2, 0.25) is 0 Å². The van der Waals surface area contributed by atoms with Gasteiger partial charge >= 0.3 is 5.97 Å². The molecule has 20 heavy (non-hydrogen) atoms. The molecule has 2 rings (SSSR count). The van der Waals surface area contributed by atoms with Crippen LogP contribution in [0.1, 0.15) is 16.8 Å². The highest BCUT2D eigenvalue weighted by atomic mass is 32.2. The van der Waals surface area contributed by atoms with Crippen molar-refractivity contribution in [3.05, 3.63) is 23.8 Å². The van der Waals surface area contributed by atoms with Crippen LogP contribution >= 0.6 is 0 Å². The third-order valence-corrected chi connectivity index (χ3v) is 4.53. The molecule has 1 atom stereocenters. The van der Waals surface area contributed by atoms with Crippen LogP contribution < -0.4 is 10.5 Å². The smallest absolute Gasteiger partial charge is 0.339 e. The van der Waals surface area contributed by atoms with E-state index in [4.69, 9.17) is 10.5 Å². The van der Waals surface area contributed by atoms with Gasteiger partial charge < -0.3 is 15.2 Å². The van der Waals surface area contributed by atoms with Gasteiger partial charge in [-0.2, -0.15) is 0 Å². The van der Waals surface area contributed by atoms with Crippen molar-refractivity contribution in [2.75, 3.05) is 26.1 Å². The van der Waals surface area contributed by atoms with Crippen LogP contribution in [0, 0.1) is 0 Å². The van der Waals surface area contributed by atoms with E-state index in [0.717, 1.165) is 0 Å². The fraction of sp³-hybridized carbons (Fsp3) is 0.417. The number of nitrogen functional groups attached to an aromatic ring is 1. The molecule has 7 nitrogen and oxygen atoms in total. The highest BCUT2D eigenvalue weighted by Crippen LogP contribution is 2.21. The number of rotatable bonds is 4. The Bertz CT molecular complexity index is 608. The van der Waals surface area contributed by atoms with E-state index in [1.54, 1.807) is 0 Å². The molecule has 0 spiro atoms. The van der Waals surface area contributed by atoms with Gasteiger partial charge in [-0.05, 0) is 24.6 Å². The van der Waals surface area contributed by atoms with E-state index in [-0.39, 0.29) is 22.2 Å². The molecule has 0 aliphatic carbocycles. The molecule has 1 unspecified atom stereocenters. The number of anilines is 1. The van der Waals surface area contributed by atoms with Crippen LogP contribution in [0.4, 0.5) is 5.69 Å². The van der Waals surface area contributed by atoms with E-state index >= 15 is 0 Å². The normalized spacial score (nSPS) is 18.9. The molecule has 110 valence electrons. The lowest BCUT2D eigenvalue weighted by Crippen LogP contribution is -2.35. The quantitative estimate of drug-likeness (QED) is 0.604. The molecule has 8 heteroatoms. The minimum Gasteiger partial charge on any atom is -0.465 e. The Balaban J connectivity index is 2.37. The van der Waals surface area contributed by atoms with Crippen molar-refractivity contribution in [2.45, 2.75) is 17.4 Å². The van der Waals surface area contributed by atoms with Gasteiger partial charge in [0.2, 0.25) is 10.0 Å². The van der Waals surface area contributed by atoms with Crippen molar-refractivity contribution in [3.8, 4) is 0 Å². The molecule has 1 fully saturated rings. The molecule has 1 aliphatic rings. The summed E-state index contributed by atoms with van der Waals surface area (Å²) in [6, 6.07) is 3.71. The average molecular weight is 300 g/mol. The van der Waals surface area contributed by atoms with Gasteiger partial charge in [0.15, 0.2) is 0 Å². The molecular weight excluding hydrogens is 284 g/mol. The Labute approximate surface area is 117 Å². The summed E-state index contributed by atoms with van der Waals surface area (Å²) in [5, 5.41) is 0. The number of nitrogens with one attached hydrogen (secondary N) is 1. The van der Waals surface area contributed by atoms with Crippen molar-refractivity contribution in [3.63, 3.8) is 0 Å². The molecule has 0 bridgehead atoms. The topological polar surface area (TPSA) is 108 Å². The van der Waals surface area contributed by atoms with Gasteiger partial charge in [0.05, 0.1) is 24.2 Å². The predicted molar refractivity (Wildman–Crippen MR) is 71.7 cm³/mol. The van der Waals surface area contributed by atoms with Gasteiger partial charge in [-0.3, -0.25) is 0 Å². The lowest BCUT2D eigenvalue weighted by Gasteiger charge is -2.14. The number of carbonyl (C=O) groups is 1. The van der Waals surface area contributed by atoms with Crippen LogP contribution in [0.5, 0.6) is 0 Å². The van der Waals surface area contributed by atoms with Gasteiger partial charge in [0.25, 0.3) is 0 Å². The molecular formula is C12H16N2O5S. The largest absolute Gasteiger partial charge is 0.465 e. The predicted octanol–water partition coefficient (Wildman–Crippen LogP) is 0.123. The van der Waals surface area contributed by atoms with Crippen LogP contribution in [-0.2, 0) is 19.5 Å². The minimum atomic E-state index is -3.83. The lowest BCUT2D eigenvalue weighted by atomic mass is 10.2. The monoisotopic (exact) mass is 300 g/mol. The first-order chi connectivity index (χ1) is 9.44. The Morgan fingerprint density at radius 2 is 2.25 bits per heavy atom. The summed E-state index contributed by atoms with van der Waals surface area (Å²) in [5.41, 5.74) is 5.79. The van der Waals surface area contributed by atoms with Crippen LogP contribution in [0.15, 0.2) is 23.1 Å². The SMILES string of the molecule is COC(=O)c1cc(N)ccc1S(=O)(=O)NC1CCOC1. The molecule has 1 aromatic carbocycles. The van der Waals surface area contributed by atoms with Crippen LogP contribution in [-0.4, -0.2) is 40.8 Å². The third-order valence-electron chi connectivity index (χ3n) is 2.95. The third kappa shape index (κ3) is 3.09. The van der Waals surface area contributed by atoms with Crippen molar-refractivity contribution in [2.24, 2.45) is 0 Å².